The second kappa shape index (κ2) is 8.86. The Labute approximate surface area is 179 Å². The summed E-state index contributed by atoms with van der Waals surface area (Å²) in [4.78, 5) is 39.1. The van der Waals surface area contributed by atoms with Gasteiger partial charge in [0.15, 0.2) is 5.76 Å². The number of likely N-dealkylation sites (tertiary alicyclic amines) is 1. The molecule has 0 saturated carbocycles. The molecule has 1 aromatic carbocycles. The van der Waals surface area contributed by atoms with Crippen LogP contribution in [0.3, 0.4) is 0 Å². The number of carbonyl (C=O) groups excluding carboxylic acids is 3. The molecule has 1 unspecified atom stereocenters. The quantitative estimate of drug-likeness (QED) is 0.628. The van der Waals surface area contributed by atoms with E-state index in [4.69, 9.17) is 4.42 Å². The number of rotatable bonds is 6. The van der Waals surface area contributed by atoms with Crippen LogP contribution in [0.2, 0.25) is 0 Å². The summed E-state index contributed by atoms with van der Waals surface area (Å²) in [6, 6.07) is 13.9. The van der Waals surface area contributed by atoms with Crippen LogP contribution in [0.4, 0.5) is 0 Å². The van der Waals surface area contributed by atoms with Crippen molar-refractivity contribution in [1.82, 2.24) is 25.3 Å². The molecular weight excluding hydrogens is 398 g/mol. The van der Waals surface area contributed by atoms with E-state index in [2.05, 4.69) is 15.7 Å². The number of furan rings is 1. The van der Waals surface area contributed by atoms with E-state index in [0.29, 0.717) is 30.1 Å². The largest absolute Gasteiger partial charge is 0.463 e. The van der Waals surface area contributed by atoms with Crippen molar-refractivity contribution in [3.05, 3.63) is 60.5 Å². The van der Waals surface area contributed by atoms with Gasteiger partial charge in [-0.05, 0) is 37.1 Å². The molecule has 9 nitrogen and oxygen atoms in total. The zero-order chi connectivity index (χ0) is 21.8. The summed E-state index contributed by atoms with van der Waals surface area (Å²) in [5.41, 5.74) is 1.48. The Hall–Kier alpha value is -3.88. The third-order valence-corrected chi connectivity index (χ3v) is 5.24. The second-order valence-corrected chi connectivity index (χ2v) is 7.18. The molecule has 0 radical (unpaired) electrons. The van der Waals surface area contributed by atoms with E-state index in [1.54, 1.807) is 25.2 Å². The van der Waals surface area contributed by atoms with Crippen molar-refractivity contribution in [2.75, 3.05) is 20.1 Å². The average molecular weight is 421 g/mol. The van der Waals surface area contributed by atoms with Crippen LogP contribution in [0, 0.1) is 0 Å². The maximum absolute atomic E-state index is 13.0. The maximum atomic E-state index is 13.0. The van der Waals surface area contributed by atoms with Crippen LogP contribution >= 0.6 is 0 Å². The number of benzene rings is 1. The normalized spacial score (nSPS) is 15.6. The van der Waals surface area contributed by atoms with Crippen molar-refractivity contribution in [1.29, 1.82) is 0 Å². The molecule has 3 heterocycles. The predicted molar refractivity (Wildman–Crippen MR) is 112 cm³/mol. The van der Waals surface area contributed by atoms with Crippen molar-refractivity contribution in [3.63, 3.8) is 0 Å². The molecule has 9 heteroatoms. The van der Waals surface area contributed by atoms with Crippen LogP contribution in [0.1, 0.15) is 23.3 Å². The SMILES string of the molecule is CNC(=O)C1CCCN1C(=O)CNC(=O)c1cc(-c2ccco2)nn1-c1ccccc1. The van der Waals surface area contributed by atoms with Gasteiger partial charge in [0.05, 0.1) is 18.5 Å². The summed E-state index contributed by atoms with van der Waals surface area (Å²) in [7, 11) is 1.55. The average Bonchev–Trinajstić information content (AvgIpc) is 3.56. The molecule has 3 amide bonds. The molecule has 1 saturated heterocycles. The number of hydrogen-bond acceptors (Lipinski definition) is 5. The Kier molecular flexibility index (Phi) is 5.83. The molecule has 1 aliphatic rings. The minimum atomic E-state index is -0.491. The summed E-state index contributed by atoms with van der Waals surface area (Å²) < 4.78 is 6.92. The fourth-order valence-corrected chi connectivity index (χ4v) is 3.71. The zero-order valence-electron chi connectivity index (χ0n) is 17.1. The van der Waals surface area contributed by atoms with Gasteiger partial charge in [0, 0.05) is 19.7 Å². The van der Waals surface area contributed by atoms with Crippen molar-refractivity contribution < 1.29 is 18.8 Å². The van der Waals surface area contributed by atoms with Gasteiger partial charge in [-0.1, -0.05) is 18.2 Å². The monoisotopic (exact) mass is 421 g/mol. The Bertz CT molecular complexity index is 1070. The number of hydrogen-bond donors (Lipinski definition) is 2. The Balaban J connectivity index is 1.53. The van der Waals surface area contributed by atoms with Gasteiger partial charge >= 0.3 is 0 Å². The highest BCUT2D eigenvalue weighted by molar-refractivity contribution is 5.97. The molecule has 1 atom stereocenters. The second-order valence-electron chi connectivity index (χ2n) is 7.18. The van der Waals surface area contributed by atoms with Crippen LogP contribution < -0.4 is 10.6 Å². The lowest BCUT2D eigenvalue weighted by Crippen LogP contribution is -2.48. The van der Waals surface area contributed by atoms with Gasteiger partial charge in [0.25, 0.3) is 5.91 Å². The lowest BCUT2D eigenvalue weighted by atomic mass is 10.2. The summed E-state index contributed by atoms with van der Waals surface area (Å²) in [6.07, 6.45) is 2.91. The first-order chi connectivity index (χ1) is 15.1. The molecule has 1 fully saturated rings. The minimum Gasteiger partial charge on any atom is -0.463 e. The van der Waals surface area contributed by atoms with E-state index < -0.39 is 11.9 Å². The Morgan fingerprint density at radius 3 is 2.68 bits per heavy atom. The molecule has 160 valence electrons. The number of aromatic nitrogens is 2. The van der Waals surface area contributed by atoms with Crippen molar-refractivity contribution in [2.24, 2.45) is 0 Å². The topological polar surface area (TPSA) is 109 Å². The highest BCUT2D eigenvalue weighted by Gasteiger charge is 2.33. The molecule has 1 aliphatic heterocycles. The van der Waals surface area contributed by atoms with E-state index in [9.17, 15) is 14.4 Å². The van der Waals surface area contributed by atoms with Crippen LogP contribution in [0.15, 0.2) is 59.2 Å². The van der Waals surface area contributed by atoms with Gasteiger partial charge in [-0.3, -0.25) is 14.4 Å². The lowest BCUT2D eigenvalue weighted by molar-refractivity contribution is -0.137. The smallest absolute Gasteiger partial charge is 0.270 e. The van der Waals surface area contributed by atoms with Crippen molar-refractivity contribution in [2.45, 2.75) is 18.9 Å². The first-order valence-electron chi connectivity index (χ1n) is 10.1. The molecule has 0 spiro atoms. The summed E-state index contributed by atoms with van der Waals surface area (Å²) in [5.74, 6) is -0.401. The number of likely N-dealkylation sites (N-methyl/N-ethyl adjacent to an activating group) is 1. The lowest BCUT2D eigenvalue weighted by Gasteiger charge is -2.23. The zero-order valence-corrected chi connectivity index (χ0v) is 17.1. The fraction of sp³-hybridized carbons (Fsp3) is 0.273. The van der Waals surface area contributed by atoms with Crippen LogP contribution in [-0.4, -0.2) is 58.6 Å². The predicted octanol–water partition coefficient (Wildman–Crippen LogP) is 1.60. The third kappa shape index (κ3) is 4.20. The summed E-state index contributed by atoms with van der Waals surface area (Å²) in [5, 5.41) is 9.76. The van der Waals surface area contributed by atoms with Gasteiger partial charge in [0.2, 0.25) is 11.8 Å². The molecule has 0 bridgehead atoms. The van der Waals surface area contributed by atoms with Crippen LogP contribution in [0.5, 0.6) is 0 Å². The summed E-state index contributed by atoms with van der Waals surface area (Å²) >= 11 is 0. The molecule has 31 heavy (non-hydrogen) atoms. The van der Waals surface area contributed by atoms with Gasteiger partial charge < -0.3 is 20.0 Å². The molecule has 0 aliphatic carbocycles. The van der Waals surface area contributed by atoms with E-state index >= 15 is 0 Å². The van der Waals surface area contributed by atoms with E-state index in [-0.39, 0.29) is 24.1 Å². The molecule has 3 aromatic rings. The number of carbonyl (C=O) groups is 3. The van der Waals surface area contributed by atoms with Gasteiger partial charge in [-0.2, -0.15) is 5.10 Å². The first-order valence-corrected chi connectivity index (χ1v) is 10.1. The number of para-hydroxylation sites is 1. The molecule has 2 aromatic heterocycles. The van der Waals surface area contributed by atoms with E-state index in [0.717, 1.165) is 6.42 Å². The minimum absolute atomic E-state index is 0.192. The molecular formula is C22H23N5O4. The van der Waals surface area contributed by atoms with E-state index in [1.165, 1.54) is 15.8 Å². The third-order valence-electron chi connectivity index (χ3n) is 5.24. The van der Waals surface area contributed by atoms with Gasteiger partial charge in [-0.15, -0.1) is 0 Å². The number of nitrogens with one attached hydrogen (secondary N) is 2. The molecule has 4 rings (SSSR count). The Morgan fingerprint density at radius 2 is 1.97 bits per heavy atom. The van der Waals surface area contributed by atoms with E-state index in [1.807, 2.05) is 30.3 Å². The van der Waals surface area contributed by atoms with Crippen LogP contribution in [-0.2, 0) is 9.59 Å². The standard InChI is InChI=1S/C22H23N5O4/c1-23-21(29)17-9-5-11-26(17)20(28)14-24-22(30)18-13-16(19-10-6-12-31-19)25-27(18)15-7-3-2-4-8-15/h2-4,6-8,10,12-13,17H,5,9,11,14H2,1H3,(H,23,29)(H,24,30). The first kappa shape index (κ1) is 20.4. The van der Waals surface area contributed by atoms with Crippen molar-refractivity contribution in [3.8, 4) is 17.1 Å². The maximum Gasteiger partial charge on any atom is 0.270 e. The van der Waals surface area contributed by atoms with Gasteiger partial charge in [0.1, 0.15) is 17.4 Å². The van der Waals surface area contributed by atoms with Crippen molar-refractivity contribution >= 4 is 17.7 Å². The summed E-state index contributed by atoms with van der Waals surface area (Å²) in [6.45, 7) is 0.291. The fourth-order valence-electron chi connectivity index (χ4n) is 3.71. The highest BCUT2D eigenvalue weighted by atomic mass is 16.3. The number of nitrogens with zero attached hydrogens (tertiary/aromatic N) is 3. The number of amides is 3. The van der Waals surface area contributed by atoms with Gasteiger partial charge in [-0.25, -0.2) is 4.68 Å². The highest BCUT2D eigenvalue weighted by Crippen LogP contribution is 2.22. The molecule has 2 N–H and O–H groups in total. The Morgan fingerprint density at radius 1 is 1.16 bits per heavy atom. The van der Waals surface area contributed by atoms with Crippen LogP contribution in [0.25, 0.3) is 17.1 Å².